The van der Waals surface area contributed by atoms with Gasteiger partial charge in [0.25, 0.3) is 0 Å². The van der Waals surface area contributed by atoms with Crippen molar-refractivity contribution in [1.82, 2.24) is 9.80 Å². The van der Waals surface area contributed by atoms with Crippen molar-refractivity contribution in [1.29, 1.82) is 0 Å². The van der Waals surface area contributed by atoms with Gasteiger partial charge in [-0.15, -0.1) is 11.3 Å². The Morgan fingerprint density at radius 2 is 1.39 bits per heavy atom. The molecule has 1 aliphatic carbocycles. The molecule has 1 aromatic heterocycles. The van der Waals surface area contributed by atoms with E-state index < -0.39 is 23.9 Å². The van der Waals surface area contributed by atoms with Crippen LogP contribution in [0.1, 0.15) is 47.0 Å². The van der Waals surface area contributed by atoms with Crippen molar-refractivity contribution in [3.8, 4) is 0 Å². The molecule has 1 aromatic rings. The lowest BCUT2D eigenvalue weighted by atomic mass is 9.95. The highest BCUT2D eigenvalue weighted by Crippen LogP contribution is 2.38. The zero-order valence-corrected chi connectivity index (χ0v) is 22.0. The number of likely N-dealkylation sites (N-methyl/N-ethyl adjacent to an activating group) is 1. The Bertz CT molecular complexity index is 968. The van der Waals surface area contributed by atoms with Gasteiger partial charge in [-0.05, 0) is 45.2 Å². The number of carbonyl (C=O) groups excluding carboxylic acids is 2. The number of piperazine rings is 1. The number of anilines is 1. The van der Waals surface area contributed by atoms with E-state index in [0.29, 0.717) is 23.6 Å². The number of nitrogens with zero attached hydrogens (tertiary/aromatic N) is 2. The maximum Gasteiger partial charge on any atom is 0.414 e. The standard InChI is InChI=1S/C19H29N3O3S.2C2H2O4/c1-3-25-19(24)17-14-6-4-5-7-15(14)26-18(17)20-16(23)8-9-22-12-10-21(2)11-13-22;2*3-1(4)2(5)6/h3-13H2,1-2H3,(H,20,23);2*(H,3,4)(H,5,6). The molecular formula is C23H33N3O11S. The molecule has 0 radical (unpaired) electrons. The molecule has 3 rings (SSSR count). The lowest BCUT2D eigenvalue weighted by molar-refractivity contribution is -0.159. The fraction of sp³-hybridized carbons (Fsp3) is 0.565. The topological polar surface area (TPSA) is 211 Å². The fourth-order valence-electron chi connectivity index (χ4n) is 3.59. The van der Waals surface area contributed by atoms with Crippen molar-refractivity contribution in [2.75, 3.05) is 51.7 Å². The SMILES string of the molecule is CCOC(=O)c1c(NC(=O)CCN2CCN(C)CC2)sc2c1CCCC2.O=C(O)C(=O)O.O=C(O)C(=O)O. The first kappa shape index (κ1) is 32.5. The van der Waals surface area contributed by atoms with E-state index in [9.17, 15) is 9.59 Å². The zero-order chi connectivity index (χ0) is 28.8. The molecule has 1 fully saturated rings. The second-order valence-corrected chi connectivity index (χ2v) is 9.40. The zero-order valence-electron chi connectivity index (χ0n) is 21.2. The summed E-state index contributed by atoms with van der Waals surface area (Å²) in [7, 11) is 2.12. The first-order chi connectivity index (χ1) is 17.9. The van der Waals surface area contributed by atoms with Gasteiger partial charge >= 0.3 is 29.8 Å². The number of hydrogen-bond acceptors (Lipinski definition) is 10. The molecule has 0 aromatic carbocycles. The molecule has 5 N–H and O–H groups in total. The minimum atomic E-state index is -1.82. The third kappa shape index (κ3) is 11.2. The number of hydrogen-bond donors (Lipinski definition) is 5. The number of aliphatic carboxylic acids is 4. The number of nitrogens with one attached hydrogen (secondary N) is 1. The molecule has 0 unspecified atom stereocenters. The van der Waals surface area contributed by atoms with E-state index in [1.165, 1.54) is 4.88 Å². The van der Waals surface area contributed by atoms with Crippen molar-refractivity contribution < 1.29 is 53.9 Å². The minimum absolute atomic E-state index is 0.0203. The summed E-state index contributed by atoms with van der Waals surface area (Å²) in [5.41, 5.74) is 1.69. The van der Waals surface area contributed by atoms with Crippen molar-refractivity contribution in [3.63, 3.8) is 0 Å². The van der Waals surface area contributed by atoms with Gasteiger partial charge in [-0.3, -0.25) is 4.79 Å². The third-order valence-corrected chi connectivity index (χ3v) is 6.73. The molecule has 0 spiro atoms. The Morgan fingerprint density at radius 3 is 1.89 bits per heavy atom. The van der Waals surface area contributed by atoms with Crippen molar-refractivity contribution >= 4 is 52.1 Å². The predicted octanol–water partition coefficient (Wildman–Crippen LogP) is 0.691. The van der Waals surface area contributed by atoms with Crippen LogP contribution in [-0.4, -0.2) is 112 Å². The predicted molar refractivity (Wildman–Crippen MR) is 135 cm³/mol. The van der Waals surface area contributed by atoms with E-state index in [4.69, 9.17) is 44.3 Å². The number of carbonyl (C=O) groups is 6. The highest BCUT2D eigenvalue weighted by molar-refractivity contribution is 7.17. The van der Waals surface area contributed by atoms with E-state index in [0.717, 1.165) is 64.0 Å². The molecule has 212 valence electrons. The van der Waals surface area contributed by atoms with Crippen LogP contribution in [0.15, 0.2) is 0 Å². The normalized spacial score (nSPS) is 14.9. The highest BCUT2D eigenvalue weighted by atomic mass is 32.1. The Balaban J connectivity index is 0.000000503. The summed E-state index contributed by atoms with van der Waals surface area (Å²) < 4.78 is 5.24. The number of carboxylic acids is 4. The van der Waals surface area contributed by atoms with E-state index in [1.54, 1.807) is 11.3 Å². The monoisotopic (exact) mass is 559 g/mol. The summed E-state index contributed by atoms with van der Waals surface area (Å²) in [4.78, 5) is 67.2. The van der Waals surface area contributed by atoms with Gasteiger partial charge in [0.05, 0.1) is 12.2 Å². The Labute approximate surface area is 222 Å². The largest absolute Gasteiger partial charge is 0.473 e. The van der Waals surface area contributed by atoms with E-state index >= 15 is 0 Å². The minimum Gasteiger partial charge on any atom is -0.473 e. The molecule has 38 heavy (non-hydrogen) atoms. The molecular weight excluding hydrogens is 526 g/mol. The van der Waals surface area contributed by atoms with Crippen LogP contribution >= 0.6 is 11.3 Å². The number of thiophene rings is 1. The maximum atomic E-state index is 12.5. The molecule has 1 aliphatic heterocycles. The first-order valence-corrected chi connectivity index (χ1v) is 12.6. The quantitative estimate of drug-likeness (QED) is 0.240. The van der Waals surface area contributed by atoms with Gasteiger partial charge in [0, 0.05) is 44.0 Å². The summed E-state index contributed by atoms with van der Waals surface area (Å²) in [5, 5.41) is 33.2. The molecule has 1 saturated heterocycles. The van der Waals surface area contributed by atoms with Gasteiger partial charge in [-0.25, -0.2) is 24.0 Å². The summed E-state index contributed by atoms with van der Waals surface area (Å²) in [6, 6.07) is 0. The average Bonchev–Trinajstić information content (AvgIpc) is 3.22. The van der Waals surface area contributed by atoms with Crippen LogP contribution in [0.25, 0.3) is 0 Å². The lowest BCUT2D eigenvalue weighted by Crippen LogP contribution is -2.45. The van der Waals surface area contributed by atoms with E-state index in [-0.39, 0.29) is 11.9 Å². The summed E-state index contributed by atoms with van der Waals surface area (Å²) >= 11 is 1.55. The smallest absolute Gasteiger partial charge is 0.414 e. The molecule has 0 atom stereocenters. The van der Waals surface area contributed by atoms with Gasteiger partial charge in [-0.1, -0.05) is 0 Å². The van der Waals surface area contributed by atoms with Crippen LogP contribution in [0.3, 0.4) is 0 Å². The van der Waals surface area contributed by atoms with Crippen molar-refractivity contribution in [2.24, 2.45) is 0 Å². The summed E-state index contributed by atoms with van der Waals surface area (Å²) in [5.74, 6) is -7.62. The molecule has 1 amide bonds. The average molecular weight is 560 g/mol. The number of esters is 1. The van der Waals surface area contributed by atoms with Crippen molar-refractivity contribution in [2.45, 2.75) is 39.0 Å². The molecule has 15 heteroatoms. The number of aryl methyl sites for hydroxylation is 1. The van der Waals surface area contributed by atoms with Gasteiger partial charge < -0.3 is 40.3 Å². The number of fused-ring (bicyclic) bond motifs is 1. The Morgan fingerprint density at radius 1 is 0.868 bits per heavy atom. The molecule has 2 heterocycles. The number of ether oxygens (including phenoxy) is 1. The summed E-state index contributed by atoms with van der Waals surface area (Å²) in [6.45, 7) is 7.03. The Kier molecular flexibility index (Phi) is 13.9. The maximum absolute atomic E-state index is 12.5. The van der Waals surface area contributed by atoms with E-state index in [1.807, 2.05) is 6.92 Å². The second kappa shape index (κ2) is 16.3. The van der Waals surface area contributed by atoms with Gasteiger partial charge in [0.15, 0.2) is 0 Å². The Hall–Kier alpha value is -3.56. The number of amides is 1. The van der Waals surface area contributed by atoms with Gasteiger partial charge in [0.1, 0.15) is 5.00 Å². The summed E-state index contributed by atoms with van der Waals surface area (Å²) in [6.07, 6.45) is 4.58. The molecule has 0 bridgehead atoms. The number of rotatable bonds is 6. The van der Waals surface area contributed by atoms with Crippen LogP contribution in [0.4, 0.5) is 5.00 Å². The third-order valence-electron chi connectivity index (χ3n) is 5.52. The molecule has 0 saturated carbocycles. The fourth-order valence-corrected chi connectivity index (χ4v) is 4.89. The first-order valence-electron chi connectivity index (χ1n) is 11.8. The molecule has 14 nitrogen and oxygen atoms in total. The van der Waals surface area contributed by atoms with Crippen LogP contribution in [-0.2, 0) is 41.6 Å². The highest BCUT2D eigenvalue weighted by Gasteiger charge is 2.27. The lowest BCUT2D eigenvalue weighted by Gasteiger charge is -2.32. The second-order valence-electron chi connectivity index (χ2n) is 8.30. The number of carboxylic acid groups (broad SMARTS) is 4. The molecule has 2 aliphatic rings. The van der Waals surface area contributed by atoms with Crippen LogP contribution in [0, 0.1) is 0 Å². The van der Waals surface area contributed by atoms with E-state index in [2.05, 4.69) is 22.2 Å². The van der Waals surface area contributed by atoms with Crippen molar-refractivity contribution in [3.05, 3.63) is 16.0 Å². The van der Waals surface area contributed by atoms with Gasteiger partial charge in [0.2, 0.25) is 5.91 Å². The van der Waals surface area contributed by atoms with Crippen LogP contribution in [0.2, 0.25) is 0 Å². The van der Waals surface area contributed by atoms with Crippen LogP contribution in [0.5, 0.6) is 0 Å². The van der Waals surface area contributed by atoms with Gasteiger partial charge in [-0.2, -0.15) is 0 Å². The van der Waals surface area contributed by atoms with Crippen LogP contribution < -0.4 is 5.32 Å².